The Labute approximate surface area is 104 Å². The quantitative estimate of drug-likeness (QED) is 0.625. The van der Waals surface area contributed by atoms with Gasteiger partial charge in [0.25, 0.3) is 0 Å². The Morgan fingerprint density at radius 3 is 3.11 bits per heavy atom. The highest BCUT2D eigenvalue weighted by atomic mass is 16.3. The first-order valence-electron chi connectivity index (χ1n) is 5.92. The third-order valence-electron chi connectivity index (χ3n) is 2.59. The molecule has 96 valence electrons. The van der Waals surface area contributed by atoms with Gasteiger partial charge in [-0.3, -0.25) is 10.4 Å². The number of urea groups is 1. The molecule has 6 nitrogen and oxygen atoms in total. The lowest BCUT2D eigenvalue weighted by Gasteiger charge is -2.04. The van der Waals surface area contributed by atoms with Gasteiger partial charge in [0.1, 0.15) is 5.75 Å². The van der Waals surface area contributed by atoms with Crippen molar-refractivity contribution in [2.24, 2.45) is 0 Å². The predicted molar refractivity (Wildman–Crippen MR) is 69.7 cm³/mol. The third-order valence-corrected chi connectivity index (χ3v) is 2.59. The van der Waals surface area contributed by atoms with E-state index in [1.807, 2.05) is 0 Å². The second kappa shape index (κ2) is 5.39. The molecule has 0 radical (unpaired) electrons. The molecule has 0 unspecified atom stereocenters. The molecule has 0 saturated carbocycles. The number of hydrogen-bond acceptors (Lipinski definition) is 3. The number of phenolic OH excluding ortho intramolecular Hbond substituents is 1. The van der Waals surface area contributed by atoms with Gasteiger partial charge in [-0.05, 0) is 24.6 Å². The monoisotopic (exact) mass is 248 g/mol. The summed E-state index contributed by atoms with van der Waals surface area (Å²) in [6.45, 7) is 2.69. The zero-order valence-corrected chi connectivity index (χ0v) is 10.2. The highest BCUT2D eigenvalue weighted by molar-refractivity contribution is 5.99. The van der Waals surface area contributed by atoms with Crippen LogP contribution < -0.4 is 10.6 Å². The van der Waals surface area contributed by atoms with Crippen LogP contribution in [0.3, 0.4) is 0 Å². The van der Waals surface area contributed by atoms with Gasteiger partial charge in [-0.1, -0.05) is 13.3 Å². The summed E-state index contributed by atoms with van der Waals surface area (Å²) in [5.74, 6) is 0.549. The molecule has 0 aliphatic rings. The number of anilines is 1. The zero-order chi connectivity index (χ0) is 13.0. The molecule has 0 atom stereocenters. The van der Waals surface area contributed by atoms with Gasteiger partial charge in [0, 0.05) is 11.9 Å². The van der Waals surface area contributed by atoms with Crippen LogP contribution in [-0.2, 0) is 0 Å². The predicted octanol–water partition coefficient (Wildman–Crippen LogP) is 2.19. The Balaban J connectivity index is 2.07. The van der Waals surface area contributed by atoms with Crippen molar-refractivity contribution in [2.75, 3.05) is 11.9 Å². The maximum atomic E-state index is 11.6. The summed E-state index contributed by atoms with van der Waals surface area (Å²) < 4.78 is 0. The Hall–Kier alpha value is -2.24. The average Bonchev–Trinajstić information content (AvgIpc) is 2.72. The second-order valence-electron chi connectivity index (χ2n) is 4.04. The number of nitrogens with one attached hydrogen (secondary N) is 3. The third kappa shape index (κ3) is 2.71. The Bertz CT molecular complexity index is 550. The van der Waals surface area contributed by atoms with E-state index in [1.165, 1.54) is 0 Å². The topological polar surface area (TPSA) is 90.0 Å². The molecule has 6 heteroatoms. The molecule has 18 heavy (non-hydrogen) atoms. The highest BCUT2D eigenvalue weighted by Crippen LogP contribution is 2.24. The van der Waals surface area contributed by atoms with Crippen LogP contribution in [0.4, 0.5) is 10.6 Å². The standard InChI is InChI=1S/C12H16N4O2/c1-2-3-6-13-12(18)14-11-9-7-8(17)4-5-10(9)15-16-11/h4-5,7,17H,2-3,6H2,1H3,(H3,13,14,15,16,18). The summed E-state index contributed by atoms with van der Waals surface area (Å²) >= 11 is 0. The SMILES string of the molecule is CCCCNC(=O)Nc1n[nH]c2ccc(O)cc12. The molecule has 2 aromatic rings. The fourth-order valence-electron chi connectivity index (χ4n) is 1.63. The molecule has 0 saturated heterocycles. The molecule has 0 bridgehead atoms. The van der Waals surface area contributed by atoms with E-state index in [2.05, 4.69) is 27.8 Å². The molecular weight excluding hydrogens is 232 g/mol. The number of nitrogens with zero attached hydrogens (tertiary/aromatic N) is 1. The number of hydrogen-bond donors (Lipinski definition) is 4. The molecule has 1 aromatic heterocycles. The van der Waals surface area contributed by atoms with Gasteiger partial charge >= 0.3 is 6.03 Å². The zero-order valence-electron chi connectivity index (χ0n) is 10.2. The van der Waals surface area contributed by atoms with Crippen molar-refractivity contribution in [3.8, 4) is 5.75 Å². The van der Waals surface area contributed by atoms with Gasteiger partial charge in [-0.2, -0.15) is 5.10 Å². The van der Waals surface area contributed by atoms with Crippen LogP contribution in [0, 0.1) is 0 Å². The summed E-state index contributed by atoms with van der Waals surface area (Å²) in [4.78, 5) is 11.6. The van der Waals surface area contributed by atoms with E-state index in [1.54, 1.807) is 18.2 Å². The molecule has 4 N–H and O–H groups in total. The summed E-state index contributed by atoms with van der Waals surface area (Å²) in [6.07, 6.45) is 1.97. The summed E-state index contributed by atoms with van der Waals surface area (Å²) in [5, 5.41) is 22.3. The lowest BCUT2D eigenvalue weighted by Crippen LogP contribution is -2.29. The smallest absolute Gasteiger partial charge is 0.320 e. The summed E-state index contributed by atoms with van der Waals surface area (Å²) in [5.41, 5.74) is 0.761. The van der Waals surface area contributed by atoms with Crippen molar-refractivity contribution < 1.29 is 9.90 Å². The van der Waals surface area contributed by atoms with Gasteiger partial charge < -0.3 is 10.4 Å². The molecular formula is C12H16N4O2. The van der Waals surface area contributed by atoms with Crippen LogP contribution in [0.5, 0.6) is 5.75 Å². The first-order chi connectivity index (χ1) is 8.70. The molecule has 0 fully saturated rings. The first-order valence-corrected chi connectivity index (χ1v) is 5.92. The van der Waals surface area contributed by atoms with Crippen LogP contribution >= 0.6 is 0 Å². The van der Waals surface area contributed by atoms with E-state index in [0.717, 1.165) is 18.4 Å². The molecule has 0 aliphatic carbocycles. The minimum atomic E-state index is -0.291. The van der Waals surface area contributed by atoms with Crippen LogP contribution in [0.25, 0.3) is 10.9 Å². The van der Waals surface area contributed by atoms with Crippen LogP contribution in [0.1, 0.15) is 19.8 Å². The van der Waals surface area contributed by atoms with E-state index >= 15 is 0 Å². The fraction of sp³-hybridized carbons (Fsp3) is 0.333. The number of benzene rings is 1. The van der Waals surface area contributed by atoms with Crippen molar-refractivity contribution in [1.29, 1.82) is 0 Å². The number of phenols is 1. The Kier molecular flexibility index (Phi) is 3.66. The van der Waals surface area contributed by atoms with E-state index < -0.39 is 0 Å². The highest BCUT2D eigenvalue weighted by Gasteiger charge is 2.09. The van der Waals surface area contributed by atoms with Crippen LogP contribution in [0.2, 0.25) is 0 Å². The number of carbonyl (C=O) groups is 1. The number of H-pyrrole nitrogens is 1. The Morgan fingerprint density at radius 2 is 2.33 bits per heavy atom. The molecule has 2 rings (SSSR count). The minimum Gasteiger partial charge on any atom is -0.508 e. The van der Waals surface area contributed by atoms with E-state index in [9.17, 15) is 9.90 Å². The van der Waals surface area contributed by atoms with Crippen LogP contribution in [0.15, 0.2) is 18.2 Å². The molecule has 0 spiro atoms. The Morgan fingerprint density at radius 1 is 1.50 bits per heavy atom. The van der Waals surface area contributed by atoms with Crippen molar-refractivity contribution in [2.45, 2.75) is 19.8 Å². The van der Waals surface area contributed by atoms with E-state index in [0.29, 0.717) is 17.7 Å². The van der Waals surface area contributed by atoms with Crippen molar-refractivity contribution >= 4 is 22.8 Å². The maximum Gasteiger partial charge on any atom is 0.320 e. The van der Waals surface area contributed by atoms with E-state index in [4.69, 9.17) is 0 Å². The first kappa shape index (κ1) is 12.2. The second-order valence-corrected chi connectivity index (χ2v) is 4.04. The number of fused-ring (bicyclic) bond motifs is 1. The van der Waals surface area contributed by atoms with E-state index in [-0.39, 0.29) is 11.8 Å². The molecule has 1 aromatic carbocycles. The number of amides is 2. The van der Waals surface area contributed by atoms with Gasteiger partial charge in [-0.25, -0.2) is 4.79 Å². The number of aromatic hydroxyl groups is 1. The maximum absolute atomic E-state index is 11.6. The van der Waals surface area contributed by atoms with Gasteiger partial charge in [0.15, 0.2) is 5.82 Å². The summed E-state index contributed by atoms with van der Waals surface area (Å²) in [7, 11) is 0. The fourth-order valence-corrected chi connectivity index (χ4v) is 1.63. The van der Waals surface area contributed by atoms with Crippen molar-refractivity contribution in [3.05, 3.63) is 18.2 Å². The van der Waals surface area contributed by atoms with Crippen molar-refractivity contribution in [3.63, 3.8) is 0 Å². The largest absolute Gasteiger partial charge is 0.508 e. The lowest BCUT2D eigenvalue weighted by molar-refractivity contribution is 0.252. The van der Waals surface area contributed by atoms with Gasteiger partial charge in [0.05, 0.1) is 5.52 Å². The van der Waals surface area contributed by atoms with Crippen LogP contribution in [-0.4, -0.2) is 27.9 Å². The molecule has 0 aliphatic heterocycles. The lowest BCUT2D eigenvalue weighted by atomic mass is 10.2. The van der Waals surface area contributed by atoms with Crippen molar-refractivity contribution in [1.82, 2.24) is 15.5 Å². The number of aromatic nitrogens is 2. The average molecular weight is 248 g/mol. The summed E-state index contributed by atoms with van der Waals surface area (Å²) in [6, 6.07) is 4.53. The van der Waals surface area contributed by atoms with Gasteiger partial charge in [0.2, 0.25) is 0 Å². The molecule has 1 heterocycles. The minimum absolute atomic E-state index is 0.137. The number of unbranched alkanes of at least 4 members (excludes halogenated alkanes) is 1. The molecule has 2 amide bonds. The van der Waals surface area contributed by atoms with Gasteiger partial charge in [-0.15, -0.1) is 0 Å². The number of aromatic amines is 1. The number of carbonyl (C=O) groups excluding carboxylic acids is 1. The number of rotatable bonds is 4. The normalized spacial score (nSPS) is 10.5.